The Morgan fingerprint density at radius 1 is 1.30 bits per heavy atom. The summed E-state index contributed by atoms with van der Waals surface area (Å²) in [6, 6.07) is 5.34. The molecule has 2 unspecified atom stereocenters. The molecule has 1 saturated carbocycles. The summed E-state index contributed by atoms with van der Waals surface area (Å²) in [7, 11) is 0. The van der Waals surface area contributed by atoms with Crippen molar-refractivity contribution in [3.05, 3.63) is 29.3 Å². The number of alkyl halides is 3. The quantitative estimate of drug-likeness (QED) is 0.745. The molecule has 1 nitrogen and oxygen atoms in total. The average Bonchev–Trinajstić information content (AvgIpc) is 2.38. The van der Waals surface area contributed by atoms with Gasteiger partial charge in [-0.2, -0.15) is 18.4 Å². The van der Waals surface area contributed by atoms with Gasteiger partial charge in [-0.3, -0.25) is 0 Å². The topological polar surface area (TPSA) is 23.8 Å². The molecule has 0 aromatic heterocycles. The molecule has 20 heavy (non-hydrogen) atoms. The van der Waals surface area contributed by atoms with E-state index >= 15 is 0 Å². The standard InChI is InChI=1S/C15H16F3NS/c1-10-3-2-4-13(7-10)20-14-6-5-12(15(16,17)18)8-11(14)9-19/h5-6,8,10,13H,2-4,7H2,1H3. The first kappa shape index (κ1) is 15.2. The van der Waals surface area contributed by atoms with Gasteiger partial charge in [0.15, 0.2) is 0 Å². The Kier molecular flexibility index (Phi) is 4.64. The molecule has 108 valence electrons. The fraction of sp³-hybridized carbons (Fsp3) is 0.533. The van der Waals surface area contributed by atoms with Crippen molar-refractivity contribution in [2.45, 2.75) is 48.9 Å². The van der Waals surface area contributed by atoms with Gasteiger partial charge in [0.1, 0.15) is 6.07 Å². The minimum Gasteiger partial charge on any atom is -0.192 e. The number of nitriles is 1. The zero-order valence-corrected chi connectivity index (χ0v) is 12.0. The maximum Gasteiger partial charge on any atom is 0.416 e. The molecular weight excluding hydrogens is 283 g/mol. The number of thioether (sulfide) groups is 1. The fourth-order valence-corrected chi connectivity index (χ4v) is 4.01. The molecule has 0 amide bonds. The summed E-state index contributed by atoms with van der Waals surface area (Å²) in [6.07, 6.45) is 0.113. The van der Waals surface area contributed by atoms with Crippen molar-refractivity contribution < 1.29 is 13.2 Å². The van der Waals surface area contributed by atoms with E-state index in [-0.39, 0.29) is 5.56 Å². The second-order valence-corrected chi connectivity index (χ2v) is 6.67. The third kappa shape index (κ3) is 3.69. The first-order chi connectivity index (χ1) is 9.40. The first-order valence-corrected chi connectivity index (χ1v) is 7.56. The van der Waals surface area contributed by atoms with Crippen LogP contribution in [0.2, 0.25) is 0 Å². The predicted octanol–water partition coefficient (Wildman–Crippen LogP) is 5.25. The van der Waals surface area contributed by atoms with E-state index in [1.165, 1.54) is 12.5 Å². The Morgan fingerprint density at radius 2 is 2.05 bits per heavy atom. The fourth-order valence-electron chi connectivity index (χ4n) is 2.56. The molecule has 1 aliphatic rings. The molecule has 2 atom stereocenters. The second kappa shape index (κ2) is 6.09. The van der Waals surface area contributed by atoms with Crippen molar-refractivity contribution in [2.75, 3.05) is 0 Å². The summed E-state index contributed by atoms with van der Waals surface area (Å²) in [5.41, 5.74) is -0.626. The molecule has 5 heteroatoms. The smallest absolute Gasteiger partial charge is 0.192 e. The molecule has 1 aromatic rings. The number of benzene rings is 1. The molecule has 1 aromatic carbocycles. The van der Waals surface area contributed by atoms with Crippen LogP contribution < -0.4 is 0 Å². The van der Waals surface area contributed by atoms with Crippen LogP contribution in [-0.4, -0.2) is 5.25 Å². The summed E-state index contributed by atoms with van der Waals surface area (Å²) < 4.78 is 37.9. The Morgan fingerprint density at radius 3 is 2.65 bits per heavy atom. The summed E-state index contributed by atoms with van der Waals surface area (Å²) >= 11 is 1.55. The van der Waals surface area contributed by atoms with Crippen LogP contribution in [0.4, 0.5) is 13.2 Å². The highest BCUT2D eigenvalue weighted by molar-refractivity contribution is 8.00. The summed E-state index contributed by atoms with van der Waals surface area (Å²) in [6.45, 7) is 2.20. The van der Waals surface area contributed by atoms with E-state index in [4.69, 9.17) is 5.26 Å². The van der Waals surface area contributed by atoms with Gasteiger partial charge in [-0.1, -0.05) is 19.8 Å². The minimum atomic E-state index is -4.39. The largest absolute Gasteiger partial charge is 0.416 e. The number of nitrogens with zero attached hydrogens (tertiary/aromatic N) is 1. The third-order valence-electron chi connectivity index (χ3n) is 3.61. The maximum atomic E-state index is 12.6. The lowest BCUT2D eigenvalue weighted by Crippen LogP contribution is -2.15. The van der Waals surface area contributed by atoms with E-state index < -0.39 is 11.7 Å². The minimum absolute atomic E-state index is 0.128. The van der Waals surface area contributed by atoms with Gasteiger partial charge in [0.2, 0.25) is 0 Å². The lowest BCUT2D eigenvalue weighted by molar-refractivity contribution is -0.137. The number of hydrogen-bond acceptors (Lipinski definition) is 2. The first-order valence-electron chi connectivity index (χ1n) is 6.68. The molecule has 0 spiro atoms. The predicted molar refractivity (Wildman–Crippen MR) is 73.4 cm³/mol. The van der Waals surface area contributed by atoms with Crippen LogP contribution in [0.5, 0.6) is 0 Å². The van der Waals surface area contributed by atoms with Crippen molar-refractivity contribution in [1.82, 2.24) is 0 Å². The van der Waals surface area contributed by atoms with E-state index in [9.17, 15) is 13.2 Å². The molecule has 0 heterocycles. The van der Waals surface area contributed by atoms with E-state index in [0.717, 1.165) is 31.4 Å². The van der Waals surface area contributed by atoms with Crippen molar-refractivity contribution in [3.63, 3.8) is 0 Å². The molecule has 0 N–H and O–H groups in total. The zero-order chi connectivity index (χ0) is 14.8. The Labute approximate surface area is 121 Å². The van der Waals surface area contributed by atoms with Gasteiger partial charge in [0.25, 0.3) is 0 Å². The van der Waals surface area contributed by atoms with Crippen LogP contribution in [0, 0.1) is 17.2 Å². The van der Waals surface area contributed by atoms with Gasteiger partial charge in [0, 0.05) is 10.1 Å². The van der Waals surface area contributed by atoms with Crippen LogP contribution in [-0.2, 0) is 6.18 Å². The number of hydrogen-bond donors (Lipinski definition) is 0. The van der Waals surface area contributed by atoms with Crippen molar-refractivity contribution >= 4 is 11.8 Å². The monoisotopic (exact) mass is 299 g/mol. The summed E-state index contributed by atoms with van der Waals surface area (Å²) in [5.74, 6) is 0.654. The Hall–Kier alpha value is -1.15. The normalized spacial score (nSPS) is 23.4. The third-order valence-corrected chi connectivity index (χ3v) is 4.98. The van der Waals surface area contributed by atoms with E-state index in [2.05, 4.69) is 6.92 Å². The van der Waals surface area contributed by atoms with Gasteiger partial charge >= 0.3 is 6.18 Å². The Balaban J connectivity index is 2.18. The molecule has 0 saturated heterocycles. The van der Waals surface area contributed by atoms with Gasteiger partial charge < -0.3 is 0 Å². The number of rotatable bonds is 2. The van der Waals surface area contributed by atoms with Crippen molar-refractivity contribution in [2.24, 2.45) is 5.92 Å². The van der Waals surface area contributed by atoms with Crippen LogP contribution in [0.25, 0.3) is 0 Å². The van der Waals surface area contributed by atoms with Gasteiger partial charge in [-0.25, -0.2) is 0 Å². The second-order valence-electron chi connectivity index (χ2n) is 5.33. The molecule has 1 aliphatic carbocycles. The molecule has 1 fully saturated rings. The molecular formula is C15H16F3NS. The van der Waals surface area contributed by atoms with Crippen molar-refractivity contribution in [1.29, 1.82) is 5.26 Å². The average molecular weight is 299 g/mol. The highest BCUT2D eigenvalue weighted by atomic mass is 32.2. The van der Waals surface area contributed by atoms with Crippen LogP contribution in [0.1, 0.15) is 43.7 Å². The summed E-state index contributed by atoms with van der Waals surface area (Å²) in [5, 5.41) is 9.46. The molecule has 0 aliphatic heterocycles. The van der Waals surface area contributed by atoms with Gasteiger partial charge in [-0.05, 0) is 37.0 Å². The SMILES string of the molecule is CC1CCCC(Sc2ccc(C(F)(F)F)cc2C#N)C1. The van der Waals surface area contributed by atoms with E-state index in [1.54, 1.807) is 11.8 Å². The van der Waals surface area contributed by atoms with Crippen LogP contribution in [0.3, 0.4) is 0 Å². The summed E-state index contributed by atoms with van der Waals surface area (Å²) in [4.78, 5) is 0.666. The Bertz CT molecular complexity index is 519. The molecule has 0 radical (unpaired) electrons. The lowest BCUT2D eigenvalue weighted by atomic mass is 9.91. The zero-order valence-electron chi connectivity index (χ0n) is 11.2. The lowest BCUT2D eigenvalue weighted by Gasteiger charge is -2.26. The van der Waals surface area contributed by atoms with Crippen LogP contribution >= 0.6 is 11.8 Å². The van der Waals surface area contributed by atoms with Crippen molar-refractivity contribution in [3.8, 4) is 6.07 Å². The molecule has 2 rings (SSSR count). The van der Waals surface area contributed by atoms with Gasteiger partial charge in [-0.15, -0.1) is 11.8 Å². The molecule has 0 bridgehead atoms. The number of halogens is 3. The maximum absolute atomic E-state index is 12.6. The van der Waals surface area contributed by atoms with Gasteiger partial charge in [0.05, 0.1) is 11.1 Å². The van der Waals surface area contributed by atoms with E-state index in [0.29, 0.717) is 16.1 Å². The van der Waals surface area contributed by atoms with E-state index in [1.807, 2.05) is 6.07 Å². The highest BCUT2D eigenvalue weighted by Gasteiger charge is 2.31. The highest BCUT2D eigenvalue weighted by Crippen LogP contribution is 2.39. The van der Waals surface area contributed by atoms with Crippen LogP contribution in [0.15, 0.2) is 23.1 Å².